The Hall–Kier alpha value is -3.05. The molecule has 0 aliphatic carbocycles. The van der Waals surface area contributed by atoms with Gasteiger partial charge in [-0.25, -0.2) is 0 Å². The minimum absolute atomic E-state index is 0.00931. The molecule has 1 heterocycles. The molecule has 0 unspecified atom stereocenters. The molecule has 1 N–H and O–H groups in total. The van der Waals surface area contributed by atoms with Crippen molar-refractivity contribution in [3.8, 4) is 11.5 Å². The number of amides is 2. The molecule has 1 aliphatic rings. The number of nitrogens with one attached hydrogen (secondary N) is 1. The van der Waals surface area contributed by atoms with E-state index in [-0.39, 0.29) is 17.3 Å². The first-order valence-corrected chi connectivity index (χ1v) is 12.5. The van der Waals surface area contributed by atoms with Gasteiger partial charge in [-0.05, 0) is 55.3 Å². The number of thiocarbonyl (C=S) groups is 1. The Balaban J connectivity index is 1.68. The maximum Gasteiger partial charge on any atom is 0.416 e. The summed E-state index contributed by atoms with van der Waals surface area (Å²) < 4.78 is 50.4. The number of halogens is 3. The molecule has 1 fully saturated rings. The maximum atomic E-state index is 12.9. The quantitative estimate of drug-likeness (QED) is 0.290. The van der Waals surface area contributed by atoms with E-state index in [9.17, 15) is 22.8 Å². The predicted octanol–water partition coefficient (Wildman–Crippen LogP) is 6.12. The van der Waals surface area contributed by atoms with Crippen LogP contribution in [0.3, 0.4) is 0 Å². The molecule has 0 radical (unpaired) electrons. The zero-order valence-corrected chi connectivity index (χ0v) is 21.3. The van der Waals surface area contributed by atoms with Gasteiger partial charge in [0.15, 0.2) is 18.1 Å². The summed E-state index contributed by atoms with van der Waals surface area (Å²) in [4.78, 5) is 27.1. The Morgan fingerprint density at radius 1 is 1.14 bits per heavy atom. The average Bonchev–Trinajstić information content (AvgIpc) is 3.09. The van der Waals surface area contributed by atoms with Crippen molar-refractivity contribution in [1.82, 2.24) is 4.90 Å². The van der Waals surface area contributed by atoms with E-state index in [4.69, 9.17) is 21.7 Å². The number of thioether (sulfide) groups is 1. The molecule has 2 aromatic carbocycles. The Labute approximate surface area is 216 Å². The zero-order chi connectivity index (χ0) is 26.3. The van der Waals surface area contributed by atoms with Crippen LogP contribution in [0.1, 0.15) is 37.8 Å². The predicted molar refractivity (Wildman–Crippen MR) is 138 cm³/mol. The second kappa shape index (κ2) is 12.3. The number of unbranched alkanes of at least 4 members (excludes halogenated alkanes) is 1. The van der Waals surface area contributed by atoms with Crippen molar-refractivity contribution < 1.29 is 32.2 Å². The second-order valence-electron chi connectivity index (χ2n) is 7.74. The van der Waals surface area contributed by atoms with Gasteiger partial charge in [0.2, 0.25) is 0 Å². The molecule has 3 rings (SSSR count). The van der Waals surface area contributed by atoms with Crippen LogP contribution in [0.2, 0.25) is 0 Å². The van der Waals surface area contributed by atoms with E-state index < -0.39 is 24.3 Å². The number of carbonyl (C=O) groups excluding carboxylic acids is 2. The molecule has 0 aromatic heterocycles. The van der Waals surface area contributed by atoms with Crippen LogP contribution >= 0.6 is 24.0 Å². The van der Waals surface area contributed by atoms with E-state index in [0.29, 0.717) is 33.7 Å². The molecule has 2 aromatic rings. The highest BCUT2D eigenvalue weighted by molar-refractivity contribution is 8.26. The van der Waals surface area contributed by atoms with Crippen molar-refractivity contribution in [2.24, 2.45) is 0 Å². The molecule has 192 valence electrons. The summed E-state index contributed by atoms with van der Waals surface area (Å²) in [6.07, 6.45) is -0.978. The Bertz CT molecular complexity index is 1170. The first-order valence-electron chi connectivity index (χ1n) is 11.2. The van der Waals surface area contributed by atoms with Crippen LogP contribution < -0.4 is 14.8 Å². The molecule has 1 saturated heterocycles. The van der Waals surface area contributed by atoms with Crippen LogP contribution in [-0.2, 0) is 15.8 Å². The van der Waals surface area contributed by atoms with Crippen LogP contribution in [0, 0.1) is 0 Å². The molecule has 0 bridgehead atoms. The van der Waals surface area contributed by atoms with Crippen LogP contribution in [0.15, 0.2) is 47.4 Å². The van der Waals surface area contributed by atoms with Crippen molar-refractivity contribution in [3.63, 3.8) is 0 Å². The van der Waals surface area contributed by atoms with Gasteiger partial charge in [-0.2, -0.15) is 13.2 Å². The number of hydrogen-bond donors (Lipinski definition) is 1. The van der Waals surface area contributed by atoms with Gasteiger partial charge in [-0.1, -0.05) is 49.5 Å². The molecule has 2 amide bonds. The highest BCUT2D eigenvalue weighted by Gasteiger charge is 2.32. The van der Waals surface area contributed by atoms with E-state index >= 15 is 0 Å². The smallest absolute Gasteiger partial charge is 0.416 e. The molecule has 0 spiro atoms. The summed E-state index contributed by atoms with van der Waals surface area (Å²) in [6, 6.07) is 9.34. The van der Waals surface area contributed by atoms with Gasteiger partial charge >= 0.3 is 6.18 Å². The molecule has 11 heteroatoms. The molecule has 0 atom stereocenters. The monoisotopic (exact) mass is 538 g/mol. The SMILES string of the molecule is CCCCN1C(=O)/C(=C/c2ccc(OCC(=O)Nc3cccc(C(F)(F)F)c3)c(OCC)c2)SC1=S. The van der Waals surface area contributed by atoms with Crippen molar-refractivity contribution in [2.75, 3.05) is 25.1 Å². The summed E-state index contributed by atoms with van der Waals surface area (Å²) in [5.41, 5.74) is -0.164. The third-order valence-corrected chi connectivity index (χ3v) is 6.38. The van der Waals surface area contributed by atoms with Crippen molar-refractivity contribution in [3.05, 3.63) is 58.5 Å². The lowest BCUT2D eigenvalue weighted by Crippen LogP contribution is -2.28. The van der Waals surface area contributed by atoms with Gasteiger partial charge in [0, 0.05) is 12.2 Å². The summed E-state index contributed by atoms with van der Waals surface area (Å²) >= 11 is 6.57. The summed E-state index contributed by atoms with van der Waals surface area (Å²) in [7, 11) is 0. The number of ether oxygens (including phenoxy) is 2. The van der Waals surface area contributed by atoms with Crippen molar-refractivity contribution >= 4 is 51.9 Å². The number of nitrogens with zero attached hydrogens (tertiary/aromatic N) is 1. The first-order chi connectivity index (χ1) is 17.1. The Kier molecular flexibility index (Phi) is 9.38. The van der Waals surface area contributed by atoms with Gasteiger partial charge in [-0.3, -0.25) is 14.5 Å². The third kappa shape index (κ3) is 7.23. The lowest BCUT2D eigenvalue weighted by atomic mass is 10.2. The number of anilines is 1. The molecular weight excluding hydrogens is 513 g/mol. The van der Waals surface area contributed by atoms with E-state index in [0.717, 1.165) is 25.0 Å². The zero-order valence-electron chi connectivity index (χ0n) is 19.7. The van der Waals surface area contributed by atoms with Gasteiger partial charge in [-0.15, -0.1) is 0 Å². The van der Waals surface area contributed by atoms with Gasteiger partial charge in [0.25, 0.3) is 11.8 Å². The number of hydrogen-bond acceptors (Lipinski definition) is 6. The molecule has 0 saturated carbocycles. The summed E-state index contributed by atoms with van der Waals surface area (Å²) in [5.74, 6) is -0.122. The topological polar surface area (TPSA) is 67.9 Å². The fourth-order valence-corrected chi connectivity index (χ4v) is 4.58. The number of rotatable bonds is 10. The van der Waals surface area contributed by atoms with Crippen LogP contribution in [0.25, 0.3) is 6.08 Å². The normalized spacial score (nSPS) is 14.9. The largest absolute Gasteiger partial charge is 0.490 e. The number of carbonyl (C=O) groups is 2. The van der Waals surface area contributed by atoms with Crippen LogP contribution in [0.5, 0.6) is 11.5 Å². The van der Waals surface area contributed by atoms with E-state index in [1.165, 1.54) is 23.9 Å². The van der Waals surface area contributed by atoms with Crippen molar-refractivity contribution in [2.45, 2.75) is 32.9 Å². The molecule has 6 nitrogen and oxygen atoms in total. The molecule has 1 aliphatic heterocycles. The minimum atomic E-state index is -4.51. The Morgan fingerprint density at radius 2 is 1.92 bits per heavy atom. The highest BCUT2D eigenvalue weighted by atomic mass is 32.2. The van der Waals surface area contributed by atoms with Gasteiger partial charge < -0.3 is 14.8 Å². The van der Waals surface area contributed by atoms with Crippen LogP contribution in [0.4, 0.5) is 18.9 Å². The van der Waals surface area contributed by atoms with E-state index in [1.54, 1.807) is 36.1 Å². The van der Waals surface area contributed by atoms with Crippen LogP contribution in [-0.4, -0.2) is 40.8 Å². The standard InChI is InChI=1S/C25H25F3N2O4S2/c1-3-5-11-30-23(32)21(36-24(30)35)13-16-9-10-19(20(12-16)33-4-2)34-15-22(31)29-18-8-6-7-17(14-18)25(26,27)28/h6-10,12-14H,3-5,11,15H2,1-2H3,(H,29,31)/b21-13-. The maximum absolute atomic E-state index is 12.9. The van der Waals surface area contributed by atoms with Crippen molar-refractivity contribution in [1.29, 1.82) is 0 Å². The minimum Gasteiger partial charge on any atom is -0.490 e. The number of benzene rings is 2. The van der Waals surface area contributed by atoms with E-state index in [1.807, 2.05) is 6.92 Å². The lowest BCUT2D eigenvalue weighted by Gasteiger charge is -2.14. The van der Waals surface area contributed by atoms with Gasteiger partial charge in [0.1, 0.15) is 4.32 Å². The first kappa shape index (κ1) is 27.5. The Morgan fingerprint density at radius 3 is 2.61 bits per heavy atom. The molecule has 36 heavy (non-hydrogen) atoms. The average molecular weight is 539 g/mol. The highest BCUT2D eigenvalue weighted by Crippen LogP contribution is 2.35. The van der Waals surface area contributed by atoms with E-state index in [2.05, 4.69) is 5.32 Å². The summed E-state index contributed by atoms with van der Waals surface area (Å²) in [5, 5.41) is 2.39. The second-order valence-corrected chi connectivity index (χ2v) is 9.42. The number of alkyl halides is 3. The third-order valence-electron chi connectivity index (χ3n) is 5.01. The fourth-order valence-electron chi connectivity index (χ4n) is 3.28. The lowest BCUT2D eigenvalue weighted by molar-refractivity contribution is -0.137. The van der Waals surface area contributed by atoms with Gasteiger partial charge in [0.05, 0.1) is 17.1 Å². The summed E-state index contributed by atoms with van der Waals surface area (Å²) in [6.45, 7) is 4.30. The fraction of sp³-hybridized carbons (Fsp3) is 0.320. The molecular formula is C25H25F3N2O4S2.